The molecule has 5 atom stereocenters. The van der Waals surface area contributed by atoms with Gasteiger partial charge < -0.3 is 33.8 Å². The standard InChI is InChI=1S/C86H168O17P2/c1-8-9-10-11-12-13-14-32-39-46-53-60-67-83(88)96-73-81(103-86(91)70-63-56-49-42-35-28-22-25-31-38-45-52-59-66-79(6)7)75-100-104(92,93)98-71-80(87)72-99-105(94,95)101-76-82(74-97-84(89)68-61-54-47-40-33-27-21-24-30-37-44-51-58-65-78(4)5)102-85(90)69-62-55-48-41-34-26-20-18-16-15-17-19-23-29-36-43-50-57-64-77(2)3/h77-82,87H,8-76H2,1-7H3,(H,92,93)(H,94,95)/t80-,81+,82+/m0/s1. The van der Waals surface area contributed by atoms with Gasteiger partial charge in [-0.05, 0) is 43.4 Å². The minimum atomic E-state index is -4.97. The summed E-state index contributed by atoms with van der Waals surface area (Å²) in [4.78, 5) is 73.2. The molecule has 0 amide bonds. The number of carbonyl (C=O) groups excluding carboxylic acids is 4. The predicted octanol–water partition coefficient (Wildman–Crippen LogP) is 26.1. The number of aliphatic hydroxyl groups excluding tert-OH is 1. The number of hydrogen-bond acceptors (Lipinski definition) is 15. The SMILES string of the molecule is CCCCCCCCCCCCCCC(=O)OC[C@H](COP(=O)(O)OC[C@H](O)COP(=O)(O)OC[C@@H](COC(=O)CCCCCCCCCCCCCCCC(C)C)OC(=O)CCCCCCCCCCCCCCCCCCCCC(C)C)OC(=O)CCCCCCCCCCCCCCCC(C)C. The van der Waals surface area contributed by atoms with Crippen LogP contribution in [0.1, 0.15) is 453 Å². The summed E-state index contributed by atoms with van der Waals surface area (Å²) in [6.45, 7) is 12.1. The molecule has 0 bridgehead atoms. The molecule has 2 unspecified atom stereocenters. The number of phosphoric acid groups is 2. The maximum absolute atomic E-state index is 13.1. The van der Waals surface area contributed by atoms with Crippen molar-refractivity contribution in [3.8, 4) is 0 Å². The second kappa shape index (κ2) is 76.1. The fourth-order valence-corrected chi connectivity index (χ4v) is 14.9. The Morgan fingerprint density at radius 2 is 0.438 bits per heavy atom. The zero-order chi connectivity index (χ0) is 77.2. The van der Waals surface area contributed by atoms with E-state index in [0.29, 0.717) is 25.7 Å². The van der Waals surface area contributed by atoms with E-state index in [-0.39, 0.29) is 25.7 Å². The lowest BCUT2D eigenvalue weighted by Gasteiger charge is -2.21. The van der Waals surface area contributed by atoms with Crippen LogP contribution in [0.15, 0.2) is 0 Å². The Balaban J connectivity index is 5.25. The van der Waals surface area contributed by atoms with Crippen molar-refractivity contribution in [1.29, 1.82) is 0 Å². The van der Waals surface area contributed by atoms with E-state index in [0.717, 1.165) is 108 Å². The first-order chi connectivity index (χ1) is 50.7. The highest BCUT2D eigenvalue weighted by Crippen LogP contribution is 2.45. The second-order valence-electron chi connectivity index (χ2n) is 32.4. The highest BCUT2D eigenvalue weighted by Gasteiger charge is 2.30. The van der Waals surface area contributed by atoms with Crippen LogP contribution in [0.3, 0.4) is 0 Å². The normalized spacial score (nSPS) is 13.9. The highest BCUT2D eigenvalue weighted by molar-refractivity contribution is 7.47. The molecule has 0 spiro atoms. The Morgan fingerprint density at radius 1 is 0.257 bits per heavy atom. The van der Waals surface area contributed by atoms with Crippen LogP contribution in [-0.2, 0) is 65.4 Å². The Bertz CT molecular complexity index is 2030. The summed E-state index contributed by atoms with van der Waals surface area (Å²) >= 11 is 0. The Labute approximate surface area is 645 Å². The number of carbonyl (C=O) groups is 4. The highest BCUT2D eigenvalue weighted by atomic mass is 31.2. The van der Waals surface area contributed by atoms with Crippen molar-refractivity contribution in [2.45, 2.75) is 471 Å². The van der Waals surface area contributed by atoms with E-state index in [1.165, 1.54) is 263 Å². The van der Waals surface area contributed by atoms with E-state index >= 15 is 0 Å². The minimum absolute atomic E-state index is 0.108. The van der Waals surface area contributed by atoms with E-state index in [2.05, 4.69) is 48.5 Å². The van der Waals surface area contributed by atoms with Crippen LogP contribution in [-0.4, -0.2) is 96.7 Å². The van der Waals surface area contributed by atoms with Crippen LogP contribution in [0.5, 0.6) is 0 Å². The zero-order valence-electron chi connectivity index (χ0n) is 69.2. The third-order valence-corrected chi connectivity index (χ3v) is 22.0. The average molecular weight is 1540 g/mol. The Morgan fingerprint density at radius 3 is 0.648 bits per heavy atom. The molecule has 0 aromatic rings. The first-order valence-corrected chi connectivity index (χ1v) is 47.3. The summed E-state index contributed by atoms with van der Waals surface area (Å²) in [6, 6.07) is 0. The van der Waals surface area contributed by atoms with Gasteiger partial charge in [-0.1, -0.05) is 402 Å². The summed E-state index contributed by atoms with van der Waals surface area (Å²) in [5.74, 6) is 0.296. The van der Waals surface area contributed by atoms with Gasteiger partial charge in [-0.3, -0.25) is 37.3 Å². The molecule has 19 heteroatoms. The van der Waals surface area contributed by atoms with Gasteiger partial charge in [0.25, 0.3) is 0 Å². The number of aliphatic hydroxyl groups is 1. The molecule has 0 radical (unpaired) electrons. The zero-order valence-corrected chi connectivity index (χ0v) is 71.0. The van der Waals surface area contributed by atoms with E-state index in [1.807, 2.05) is 0 Å². The lowest BCUT2D eigenvalue weighted by Crippen LogP contribution is -2.30. The van der Waals surface area contributed by atoms with Crippen molar-refractivity contribution < 1.29 is 80.2 Å². The molecule has 0 aliphatic heterocycles. The third kappa shape index (κ3) is 79.9. The van der Waals surface area contributed by atoms with Crippen LogP contribution < -0.4 is 0 Å². The van der Waals surface area contributed by atoms with Gasteiger partial charge >= 0.3 is 39.5 Å². The number of hydrogen-bond donors (Lipinski definition) is 3. The van der Waals surface area contributed by atoms with Gasteiger partial charge in [-0.25, -0.2) is 9.13 Å². The molecule has 0 saturated heterocycles. The molecule has 17 nitrogen and oxygen atoms in total. The first-order valence-electron chi connectivity index (χ1n) is 44.3. The Kier molecular flexibility index (Phi) is 74.7. The predicted molar refractivity (Wildman–Crippen MR) is 432 cm³/mol. The molecule has 0 aliphatic rings. The smallest absolute Gasteiger partial charge is 0.462 e. The molecule has 3 N–H and O–H groups in total. The fourth-order valence-electron chi connectivity index (χ4n) is 13.4. The first kappa shape index (κ1) is 103. The molecule has 0 aliphatic carbocycles. The molecule has 0 rings (SSSR count). The topological polar surface area (TPSA) is 237 Å². The van der Waals surface area contributed by atoms with Gasteiger partial charge in [0.15, 0.2) is 12.2 Å². The lowest BCUT2D eigenvalue weighted by molar-refractivity contribution is -0.161. The molecule has 0 fully saturated rings. The van der Waals surface area contributed by atoms with Crippen LogP contribution in [0.25, 0.3) is 0 Å². The van der Waals surface area contributed by atoms with Crippen LogP contribution in [0.2, 0.25) is 0 Å². The summed E-state index contributed by atoms with van der Waals surface area (Å²) in [7, 11) is -9.93. The van der Waals surface area contributed by atoms with Crippen LogP contribution >= 0.6 is 15.6 Å². The van der Waals surface area contributed by atoms with E-state index in [1.54, 1.807) is 0 Å². The van der Waals surface area contributed by atoms with Gasteiger partial charge in [0, 0.05) is 25.7 Å². The number of unbranched alkanes of at least 4 members (excludes halogenated alkanes) is 52. The van der Waals surface area contributed by atoms with Crippen LogP contribution in [0, 0.1) is 17.8 Å². The van der Waals surface area contributed by atoms with E-state index in [4.69, 9.17) is 37.0 Å². The quantitative estimate of drug-likeness (QED) is 0.0222. The van der Waals surface area contributed by atoms with Crippen molar-refractivity contribution in [3.63, 3.8) is 0 Å². The second-order valence-corrected chi connectivity index (χ2v) is 35.3. The molecule has 0 aromatic heterocycles. The maximum atomic E-state index is 13.1. The largest absolute Gasteiger partial charge is 0.472 e. The van der Waals surface area contributed by atoms with Crippen molar-refractivity contribution in [2.24, 2.45) is 17.8 Å². The van der Waals surface area contributed by atoms with E-state index in [9.17, 15) is 43.2 Å². The number of ether oxygens (including phenoxy) is 4. The van der Waals surface area contributed by atoms with Crippen molar-refractivity contribution in [1.82, 2.24) is 0 Å². The molecular weight excluding hydrogens is 1370 g/mol. The lowest BCUT2D eigenvalue weighted by atomic mass is 10.0. The summed E-state index contributed by atoms with van der Waals surface area (Å²) < 4.78 is 68.9. The molecule has 0 heterocycles. The molecule has 0 aromatic carbocycles. The summed E-state index contributed by atoms with van der Waals surface area (Å²) in [5.41, 5.74) is 0. The van der Waals surface area contributed by atoms with Crippen molar-refractivity contribution in [3.05, 3.63) is 0 Å². The minimum Gasteiger partial charge on any atom is -0.462 e. The molecular formula is C86H168O17P2. The average Bonchev–Trinajstić information content (AvgIpc) is 0.915. The molecule has 624 valence electrons. The monoisotopic (exact) mass is 1540 g/mol. The van der Waals surface area contributed by atoms with E-state index < -0.39 is 97.5 Å². The Hall–Kier alpha value is -1.94. The van der Waals surface area contributed by atoms with Gasteiger partial charge in [0.05, 0.1) is 26.4 Å². The van der Waals surface area contributed by atoms with Crippen molar-refractivity contribution in [2.75, 3.05) is 39.6 Å². The molecule has 105 heavy (non-hydrogen) atoms. The number of rotatable bonds is 84. The van der Waals surface area contributed by atoms with Gasteiger partial charge in [0.1, 0.15) is 19.3 Å². The van der Waals surface area contributed by atoms with Gasteiger partial charge in [-0.2, -0.15) is 0 Å². The van der Waals surface area contributed by atoms with Gasteiger partial charge in [0.2, 0.25) is 0 Å². The molecule has 0 saturated carbocycles. The summed E-state index contributed by atoms with van der Waals surface area (Å²) in [5, 5.41) is 10.7. The summed E-state index contributed by atoms with van der Waals surface area (Å²) in [6.07, 6.45) is 66.5. The third-order valence-electron chi connectivity index (χ3n) is 20.1. The fraction of sp³-hybridized carbons (Fsp3) is 0.953. The maximum Gasteiger partial charge on any atom is 0.472 e. The van der Waals surface area contributed by atoms with Gasteiger partial charge in [-0.15, -0.1) is 0 Å². The number of esters is 4. The van der Waals surface area contributed by atoms with Crippen molar-refractivity contribution >= 4 is 39.5 Å². The number of phosphoric ester groups is 2. The van der Waals surface area contributed by atoms with Crippen LogP contribution in [0.4, 0.5) is 0 Å².